The van der Waals surface area contributed by atoms with E-state index in [0.29, 0.717) is 18.9 Å². The Morgan fingerprint density at radius 1 is 1.50 bits per heavy atom. The maximum Gasteiger partial charge on any atom is 0.255 e. The summed E-state index contributed by atoms with van der Waals surface area (Å²) >= 11 is 1.62. The van der Waals surface area contributed by atoms with Crippen molar-refractivity contribution in [1.29, 1.82) is 0 Å². The van der Waals surface area contributed by atoms with Crippen LogP contribution in [-0.2, 0) is 6.42 Å². The van der Waals surface area contributed by atoms with Crippen molar-refractivity contribution in [2.24, 2.45) is 0 Å². The van der Waals surface area contributed by atoms with Crippen molar-refractivity contribution in [1.82, 2.24) is 10.3 Å². The topological polar surface area (TPSA) is 54.0 Å². The third-order valence-electron chi connectivity index (χ3n) is 2.72. The largest absolute Gasteiger partial charge is 0.370 e. The number of hydrogen-bond donors (Lipinski definition) is 2. The minimum atomic E-state index is -0.519. The summed E-state index contributed by atoms with van der Waals surface area (Å²) in [6.07, 6.45) is 1.86. The van der Waals surface area contributed by atoms with Crippen LogP contribution in [0.5, 0.6) is 0 Å². The summed E-state index contributed by atoms with van der Waals surface area (Å²) in [5, 5.41) is 9.77. The third-order valence-corrected chi connectivity index (χ3v) is 3.45. The normalized spacial score (nSPS) is 10.3. The van der Waals surface area contributed by atoms with Gasteiger partial charge in [-0.1, -0.05) is 0 Å². The van der Waals surface area contributed by atoms with E-state index in [-0.39, 0.29) is 11.5 Å². The van der Waals surface area contributed by atoms with Crippen molar-refractivity contribution in [2.45, 2.75) is 13.3 Å². The van der Waals surface area contributed by atoms with E-state index in [1.807, 2.05) is 23.8 Å². The number of nitrogens with one attached hydrogen (secondary N) is 2. The summed E-state index contributed by atoms with van der Waals surface area (Å²) in [7, 11) is 0. The minimum Gasteiger partial charge on any atom is -0.370 e. The fourth-order valence-corrected chi connectivity index (χ4v) is 2.47. The van der Waals surface area contributed by atoms with Crippen LogP contribution in [-0.4, -0.2) is 24.0 Å². The van der Waals surface area contributed by atoms with Crippen LogP contribution in [0.1, 0.15) is 22.8 Å². The van der Waals surface area contributed by atoms with Crippen LogP contribution >= 0.6 is 11.3 Å². The van der Waals surface area contributed by atoms with Gasteiger partial charge in [-0.25, -0.2) is 9.37 Å². The van der Waals surface area contributed by atoms with E-state index in [1.165, 1.54) is 11.6 Å². The van der Waals surface area contributed by atoms with Crippen LogP contribution in [0.15, 0.2) is 29.1 Å². The lowest BCUT2D eigenvalue weighted by molar-refractivity contribution is 0.0954. The number of thiophene rings is 1. The van der Waals surface area contributed by atoms with E-state index in [9.17, 15) is 9.18 Å². The predicted octanol–water partition coefficient (Wildman–Crippen LogP) is 2.69. The van der Waals surface area contributed by atoms with Crippen molar-refractivity contribution in [3.05, 3.63) is 46.0 Å². The highest BCUT2D eigenvalue weighted by Gasteiger charge is 2.13. The molecule has 2 aromatic heterocycles. The number of nitrogens with zero attached hydrogens (tertiary/aromatic N) is 1. The first-order chi connectivity index (χ1) is 9.70. The lowest BCUT2D eigenvalue weighted by Crippen LogP contribution is -2.27. The van der Waals surface area contributed by atoms with Crippen molar-refractivity contribution < 1.29 is 9.18 Å². The second kappa shape index (κ2) is 7.00. The number of halogens is 1. The van der Waals surface area contributed by atoms with E-state index < -0.39 is 5.82 Å². The molecule has 0 atom stereocenters. The summed E-state index contributed by atoms with van der Waals surface area (Å²) in [4.78, 5) is 16.0. The molecule has 0 saturated heterocycles. The second-order valence-electron chi connectivity index (χ2n) is 4.22. The van der Waals surface area contributed by atoms with E-state index in [0.717, 1.165) is 12.6 Å². The molecular formula is C14H16FN3OS. The van der Waals surface area contributed by atoms with Crippen LogP contribution in [0.3, 0.4) is 0 Å². The second-order valence-corrected chi connectivity index (χ2v) is 5.00. The summed E-state index contributed by atoms with van der Waals surface area (Å²) in [5.41, 5.74) is 1.41. The lowest BCUT2D eigenvalue weighted by atomic mass is 10.2. The molecule has 2 N–H and O–H groups in total. The van der Waals surface area contributed by atoms with Gasteiger partial charge in [0.1, 0.15) is 11.6 Å². The van der Waals surface area contributed by atoms with Gasteiger partial charge in [-0.3, -0.25) is 4.79 Å². The quantitative estimate of drug-likeness (QED) is 0.861. The molecule has 0 aliphatic heterocycles. The average molecular weight is 293 g/mol. The fourth-order valence-electron chi connectivity index (χ4n) is 1.77. The molecule has 2 rings (SSSR count). The first-order valence-corrected chi connectivity index (χ1v) is 7.33. The van der Waals surface area contributed by atoms with Crippen molar-refractivity contribution in [2.75, 3.05) is 18.4 Å². The zero-order valence-electron chi connectivity index (χ0n) is 11.1. The van der Waals surface area contributed by atoms with Crippen LogP contribution in [0.4, 0.5) is 10.2 Å². The average Bonchev–Trinajstić information content (AvgIpc) is 2.94. The van der Waals surface area contributed by atoms with Gasteiger partial charge >= 0.3 is 0 Å². The van der Waals surface area contributed by atoms with Gasteiger partial charge in [-0.2, -0.15) is 11.3 Å². The number of amides is 1. The molecule has 0 saturated carbocycles. The Morgan fingerprint density at radius 3 is 3.05 bits per heavy atom. The van der Waals surface area contributed by atoms with Crippen molar-refractivity contribution in [3.63, 3.8) is 0 Å². The van der Waals surface area contributed by atoms with Crippen LogP contribution < -0.4 is 10.6 Å². The van der Waals surface area contributed by atoms with E-state index in [2.05, 4.69) is 15.6 Å². The number of anilines is 1. The maximum atomic E-state index is 13.2. The van der Waals surface area contributed by atoms with E-state index in [4.69, 9.17) is 0 Å². The van der Waals surface area contributed by atoms with E-state index >= 15 is 0 Å². The molecular weight excluding hydrogens is 277 g/mol. The van der Waals surface area contributed by atoms with Gasteiger partial charge in [0.25, 0.3) is 5.91 Å². The molecule has 0 radical (unpaired) electrons. The molecule has 2 heterocycles. The van der Waals surface area contributed by atoms with Gasteiger partial charge < -0.3 is 10.6 Å². The predicted molar refractivity (Wildman–Crippen MR) is 78.7 cm³/mol. The molecule has 0 unspecified atom stereocenters. The highest BCUT2D eigenvalue weighted by Crippen LogP contribution is 2.13. The Balaban J connectivity index is 1.99. The van der Waals surface area contributed by atoms with E-state index in [1.54, 1.807) is 11.3 Å². The van der Waals surface area contributed by atoms with Gasteiger partial charge in [0, 0.05) is 13.1 Å². The molecule has 20 heavy (non-hydrogen) atoms. The van der Waals surface area contributed by atoms with Gasteiger partial charge in [-0.15, -0.1) is 0 Å². The van der Waals surface area contributed by atoms with Gasteiger partial charge in [-0.05, 0) is 41.8 Å². The Kier molecular flexibility index (Phi) is 5.06. The summed E-state index contributed by atoms with van der Waals surface area (Å²) < 4.78 is 13.2. The molecule has 6 heteroatoms. The Bertz CT molecular complexity index is 572. The Labute approximate surface area is 121 Å². The molecule has 0 spiro atoms. The molecule has 4 nitrogen and oxygen atoms in total. The number of rotatable bonds is 6. The molecule has 0 aliphatic rings. The highest BCUT2D eigenvalue weighted by atomic mass is 32.1. The minimum absolute atomic E-state index is 0.233. The summed E-state index contributed by atoms with van der Waals surface area (Å²) in [6.45, 7) is 3.02. The molecule has 0 bridgehead atoms. The lowest BCUT2D eigenvalue weighted by Gasteiger charge is -2.10. The number of carbonyl (C=O) groups excluding carboxylic acids is 1. The highest BCUT2D eigenvalue weighted by molar-refractivity contribution is 7.07. The SMILES string of the molecule is CCNc1ncc(F)cc1C(=O)NCCc1ccsc1. The third kappa shape index (κ3) is 3.77. The number of hydrogen-bond acceptors (Lipinski definition) is 4. The maximum absolute atomic E-state index is 13.2. The summed E-state index contributed by atoms with van der Waals surface area (Å²) in [6, 6.07) is 3.22. The molecule has 0 aromatic carbocycles. The monoisotopic (exact) mass is 293 g/mol. The van der Waals surface area contributed by atoms with Gasteiger partial charge in [0.15, 0.2) is 0 Å². The zero-order chi connectivity index (χ0) is 14.4. The van der Waals surface area contributed by atoms with Crippen molar-refractivity contribution >= 4 is 23.1 Å². The Hall–Kier alpha value is -1.95. The Morgan fingerprint density at radius 2 is 2.35 bits per heavy atom. The standard InChI is InChI=1S/C14H16FN3OS/c1-2-16-13-12(7-11(15)8-18-13)14(19)17-5-3-10-4-6-20-9-10/h4,6-9H,2-3,5H2,1H3,(H,16,18)(H,17,19). The number of aromatic nitrogens is 1. The van der Waals surface area contributed by atoms with Gasteiger partial charge in [0.05, 0.1) is 11.8 Å². The fraction of sp³-hybridized carbons (Fsp3) is 0.286. The molecule has 106 valence electrons. The van der Waals surface area contributed by atoms with Crippen molar-refractivity contribution in [3.8, 4) is 0 Å². The molecule has 0 aliphatic carbocycles. The van der Waals surface area contributed by atoms with Gasteiger partial charge in [0.2, 0.25) is 0 Å². The number of carbonyl (C=O) groups is 1. The van der Waals surface area contributed by atoms with Crippen LogP contribution in [0.2, 0.25) is 0 Å². The first kappa shape index (κ1) is 14.5. The molecule has 0 fully saturated rings. The molecule has 2 aromatic rings. The smallest absolute Gasteiger partial charge is 0.255 e. The zero-order valence-corrected chi connectivity index (χ0v) is 12.0. The van der Waals surface area contributed by atoms with Crippen LogP contribution in [0.25, 0.3) is 0 Å². The summed E-state index contributed by atoms with van der Waals surface area (Å²) in [5.74, 6) is -0.431. The molecule has 1 amide bonds. The first-order valence-electron chi connectivity index (χ1n) is 6.39. The number of pyridine rings is 1. The van der Waals surface area contributed by atoms with Crippen LogP contribution in [0, 0.1) is 5.82 Å².